The van der Waals surface area contributed by atoms with Crippen molar-refractivity contribution in [3.63, 3.8) is 0 Å². The van der Waals surface area contributed by atoms with E-state index >= 15 is 0 Å². The van der Waals surface area contributed by atoms with Crippen LogP contribution >= 0.6 is 22.7 Å². The second kappa shape index (κ2) is 6.46. The minimum absolute atomic E-state index is 0.0687. The normalized spacial score (nSPS) is 16.6. The van der Waals surface area contributed by atoms with Gasteiger partial charge >= 0.3 is 5.82 Å². The van der Waals surface area contributed by atoms with E-state index in [9.17, 15) is 10.1 Å². The smallest absolute Gasteiger partial charge is 0.358 e. The van der Waals surface area contributed by atoms with Crippen molar-refractivity contribution in [2.45, 2.75) is 13.0 Å². The van der Waals surface area contributed by atoms with Gasteiger partial charge in [0.1, 0.15) is 6.20 Å². The molecule has 3 aromatic heterocycles. The Balaban J connectivity index is 1.54. The van der Waals surface area contributed by atoms with Gasteiger partial charge in [-0.15, -0.1) is 11.3 Å². The monoisotopic (exact) mass is 364 g/mol. The van der Waals surface area contributed by atoms with Crippen LogP contribution in [0.3, 0.4) is 0 Å². The summed E-state index contributed by atoms with van der Waals surface area (Å²) in [4.78, 5) is 25.1. The van der Waals surface area contributed by atoms with E-state index in [1.807, 2.05) is 15.8 Å². The van der Waals surface area contributed by atoms with Crippen LogP contribution in [0.15, 0.2) is 22.5 Å². The zero-order chi connectivity index (χ0) is 16.5. The molecule has 126 valence electrons. The zero-order valence-electron chi connectivity index (χ0n) is 12.9. The van der Waals surface area contributed by atoms with Gasteiger partial charge in [-0.25, -0.2) is 4.98 Å². The Bertz CT molecular complexity index is 843. The third kappa shape index (κ3) is 2.87. The minimum atomic E-state index is -0.333. The van der Waals surface area contributed by atoms with E-state index in [2.05, 4.69) is 20.2 Å². The van der Waals surface area contributed by atoms with Gasteiger partial charge in [0.05, 0.1) is 11.2 Å². The Hall–Kier alpha value is -2.04. The molecule has 4 rings (SSSR count). The molecule has 1 saturated heterocycles. The van der Waals surface area contributed by atoms with Crippen molar-refractivity contribution in [2.75, 3.05) is 31.1 Å². The van der Waals surface area contributed by atoms with Crippen LogP contribution < -0.4 is 4.90 Å². The molecule has 0 atom stereocenters. The van der Waals surface area contributed by atoms with Crippen LogP contribution in [0.1, 0.15) is 12.1 Å². The van der Waals surface area contributed by atoms with E-state index in [0.717, 1.165) is 44.8 Å². The zero-order valence-corrected chi connectivity index (χ0v) is 14.5. The lowest BCUT2D eigenvalue weighted by atomic mass is 10.3. The summed E-state index contributed by atoms with van der Waals surface area (Å²) in [5.41, 5.74) is 2.93. The molecular weight excluding hydrogens is 348 g/mol. The average molecular weight is 364 g/mol. The molecular formula is C14H16N6O2S2. The van der Waals surface area contributed by atoms with Gasteiger partial charge in [-0.3, -0.25) is 4.90 Å². The van der Waals surface area contributed by atoms with Crippen LogP contribution in [0.2, 0.25) is 0 Å². The predicted octanol–water partition coefficient (Wildman–Crippen LogP) is 2.47. The molecule has 0 radical (unpaired) electrons. The first kappa shape index (κ1) is 15.5. The van der Waals surface area contributed by atoms with Gasteiger partial charge in [0, 0.05) is 43.5 Å². The third-order valence-electron chi connectivity index (χ3n) is 4.15. The Kier molecular flexibility index (Phi) is 4.17. The summed E-state index contributed by atoms with van der Waals surface area (Å²) in [6, 6.07) is 0. The summed E-state index contributed by atoms with van der Waals surface area (Å²) in [5, 5.41) is 15.4. The fourth-order valence-corrected chi connectivity index (χ4v) is 4.28. The first-order valence-corrected chi connectivity index (χ1v) is 9.49. The van der Waals surface area contributed by atoms with E-state index in [1.54, 1.807) is 21.9 Å². The quantitative estimate of drug-likeness (QED) is 0.523. The number of nitrogens with zero attached hydrogens (tertiary/aromatic N) is 6. The van der Waals surface area contributed by atoms with E-state index in [-0.39, 0.29) is 10.7 Å². The molecule has 1 aliphatic rings. The molecule has 1 fully saturated rings. The molecule has 10 heteroatoms. The first-order valence-electron chi connectivity index (χ1n) is 7.66. The van der Waals surface area contributed by atoms with Gasteiger partial charge in [0.2, 0.25) is 5.82 Å². The lowest BCUT2D eigenvalue weighted by Gasteiger charge is -2.20. The highest BCUT2D eigenvalue weighted by atomic mass is 32.1. The van der Waals surface area contributed by atoms with E-state index in [4.69, 9.17) is 0 Å². The van der Waals surface area contributed by atoms with Crippen molar-refractivity contribution in [3.05, 3.63) is 38.3 Å². The number of imidazole rings is 1. The number of thiazole rings is 2. The minimum Gasteiger partial charge on any atom is -0.358 e. The number of nitro groups is 1. The maximum absolute atomic E-state index is 11.5. The molecule has 0 saturated carbocycles. The number of aromatic nitrogens is 3. The molecule has 8 nitrogen and oxygen atoms in total. The summed E-state index contributed by atoms with van der Waals surface area (Å²) in [6.07, 6.45) is 2.66. The highest BCUT2D eigenvalue weighted by molar-refractivity contribution is 7.15. The number of hydrogen-bond donors (Lipinski definition) is 0. The highest BCUT2D eigenvalue weighted by Crippen LogP contribution is 2.31. The second-order valence-corrected chi connectivity index (χ2v) is 7.26. The Morgan fingerprint density at radius 2 is 2.21 bits per heavy atom. The molecule has 0 aromatic carbocycles. The van der Waals surface area contributed by atoms with Crippen molar-refractivity contribution < 1.29 is 4.92 Å². The van der Waals surface area contributed by atoms with Crippen LogP contribution in [-0.2, 0) is 6.54 Å². The Morgan fingerprint density at radius 3 is 3.00 bits per heavy atom. The van der Waals surface area contributed by atoms with Crippen molar-refractivity contribution in [1.29, 1.82) is 0 Å². The van der Waals surface area contributed by atoms with Gasteiger partial charge < -0.3 is 15.0 Å². The molecule has 0 aliphatic carbocycles. The average Bonchev–Trinajstić information content (AvgIpc) is 3.23. The van der Waals surface area contributed by atoms with E-state index in [1.165, 1.54) is 11.3 Å². The number of hydrogen-bond acceptors (Lipinski definition) is 8. The maximum atomic E-state index is 11.5. The van der Waals surface area contributed by atoms with Crippen LogP contribution in [0.25, 0.3) is 4.96 Å². The van der Waals surface area contributed by atoms with Gasteiger partial charge in [-0.1, -0.05) is 11.3 Å². The van der Waals surface area contributed by atoms with E-state index < -0.39 is 0 Å². The Morgan fingerprint density at radius 1 is 1.29 bits per heavy atom. The predicted molar refractivity (Wildman–Crippen MR) is 93.9 cm³/mol. The number of anilines is 1. The fourth-order valence-electron chi connectivity index (χ4n) is 3.03. The second-order valence-electron chi connectivity index (χ2n) is 5.67. The maximum Gasteiger partial charge on any atom is 0.373 e. The summed E-state index contributed by atoms with van der Waals surface area (Å²) < 4.78 is 1.57. The fraction of sp³-hybridized carbons (Fsp3) is 0.429. The molecule has 0 N–H and O–H groups in total. The van der Waals surface area contributed by atoms with Crippen LogP contribution in [0.5, 0.6) is 0 Å². The van der Waals surface area contributed by atoms with Crippen LogP contribution in [0, 0.1) is 10.1 Å². The van der Waals surface area contributed by atoms with E-state index in [0.29, 0.717) is 10.8 Å². The Labute approximate surface area is 146 Å². The van der Waals surface area contributed by atoms with Crippen molar-refractivity contribution in [2.24, 2.45) is 0 Å². The van der Waals surface area contributed by atoms with Gasteiger partial charge in [-0.2, -0.15) is 9.38 Å². The highest BCUT2D eigenvalue weighted by Gasteiger charge is 2.29. The molecule has 0 unspecified atom stereocenters. The van der Waals surface area contributed by atoms with Crippen LogP contribution in [0.4, 0.5) is 11.6 Å². The molecule has 3 aromatic rings. The first-order chi connectivity index (χ1) is 11.7. The summed E-state index contributed by atoms with van der Waals surface area (Å²) >= 11 is 3.02. The molecule has 24 heavy (non-hydrogen) atoms. The van der Waals surface area contributed by atoms with Crippen molar-refractivity contribution in [1.82, 2.24) is 19.3 Å². The van der Waals surface area contributed by atoms with Gasteiger partial charge in [-0.05, 0) is 11.3 Å². The summed E-state index contributed by atoms with van der Waals surface area (Å²) in [5.74, 6) is 0.557. The topological polar surface area (TPSA) is 79.8 Å². The van der Waals surface area contributed by atoms with Gasteiger partial charge in [0.25, 0.3) is 4.96 Å². The summed E-state index contributed by atoms with van der Waals surface area (Å²) in [6.45, 7) is 4.15. The molecule has 0 bridgehead atoms. The molecule has 0 amide bonds. The standard InChI is InChI=1S/C14H16N6O2S2/c21-20(22)13-12(16-14-19(13)6-7-24-14)18-3-1-2-17(4-5-18)8-11-9-23-10-15-11/h6-7,9-10H,1-5,8H2. The lowest BCUT2D eigenvalue weighted by Crippen LogP contribution is -2.31. The van der Waals surface area contributed by atoms with Gasteiger partial charge in [0.15, 0.2) is 0 Å². The molecule has 4 heterocycles. The lowest BCUT2D eigenvalue weighted by molar-refractivity contribution is -0.389. The SMILES string of the molecule is O=[N+]([O-])c1c(N2CCCN(Cc3cscn3)CC2)nc2sccn12. The summed E-state index contributed by atoms with van der Waals surface area (Å²) in [7, 11) is 0. The number of fused-ring (bicyclic) bond motifs is 1. The molecule has 1 aliphatic heterocycles. The number of rotatable bonds is 4. The molecule has 0 spiro atoms. The third-order valence-corrected chi connectivity index (χ3v) is 5.54. The van der Waals surface area contributed by atoms with Crippen molar-refractivity contribution >= 4 is 39.3 Å². The largest absolute Gasteiger partial charge is 0.373 e. The van der Waals surface area contributed by atoms with Crippen LogP contribution in [-0.4, -0.2) is 50.4 Å². The van der Waals surface area contributed by atoms with Crippen molar-refractivity contribution in [3.8, 4) is 0 Å².